The second-order valence-corrected chi connectivity index (χ2v) is 6.90. The number of sulfonamides is 1. The van der Waals surface area contributed by atoms with Gasteiger partial charge in [0.05, 0.1) is 5.69 Å². The van der Waals surface area contributed by atoms with Crippen molar-refractivity contribution in [2.24, 2.45) is 11.7 Å². The average molecular weight is 297 g/mol. The number of benzene rings is 1. The third-order valence-electron chi connectivity index (χ3n) is 3.78. The quantitative estimate of drug-likeness (QED) is 0.698. The van der Waals surface area contributed by atoms with Crippen molar-refractivity contribution in [3.63, 3.8) is 0 Å². The third-order valence-corrected chi connectivity index (χ3v) is 5.41. The van der Waals surface area contributed by atoms with Crippen LogP contribution in [0, 0.1) is 5.92 Å². The number of nitrogen functional groups attached to an aromatic ring is 1. The van der Waals surface area contributed by atoms with Crippen LogP contribution in [0.25, 0.3) is 0 Å². The summed E-state index contributed by atoms with van der Waals surface area (Å²) >= 11 is 0. The molecule has 0 aromatic heterocycles. The highest BCUT2D eigenvalue weighted by Crippen LogP contribution is 2.30. The number of anilines is 1. The standard InChI is InChI=1S/C13H19N3O3S/c1-8(9-3-2-4-9)16-20(18,19)12-6-5-10(13(15)17)7-11(12)14/h5-9,16H,2-4,14H2,1H3,(H2,15,17). The number of hydrogen-bond donors (Lipinski definition) is 3. The van der Waals surface area contributed by atoms with E-state index in [1.54, 1.807) is 0 Å². The van der Waals surface area contributed by atoms with Crippen LogP contribution >= 0.6 is 0 Å². The SMILES string of the molecule is CC(NS(=O)(=O)c1ccc(C(N)=O)cc1N)C1CCC1. The maximum absolute atomic E-state index is 12.3. The van der Waals surface area contributed by atoms with Gasteiger partial charge < -0.3 is 11.5 Å². The molecule has 5 N–H and O–H groups in total. The largest absolute Gasteiger partial charge is 0.398 e. The summed E-state index contributed by atoms with van der Waals surface area (Å²) in [6.45, 7) is 1.86. The summed E-state index contributed by atoms with van der Waals surface area (Å²) < 4.78 is 27.2. The number of primary amides is 1. The van der Waals surface area contributed by atoms with Gasteiger partial charge in [0.2, 0.25) is 15.9 Å². The molecule has 0 spiro atoms. The summed E-state index contributed by atoms with van der Waals surface area (Å²) in [5.41, 5.74) is 11.1. The molecule has 7 heteroatoms. The van der Waals surface area contributed by atoms with E-state index in [1.807, 2.05) is 6.92 Å². The first-order valence-corrected chi connectivity index (χ1v) is 8.01. The Morgan fingerprint density at radius 1 is 1.40 bits per heavy atom. The molecule has 0 aliphatic heterocycles. The Hall–Kier alpha value is -1.60. The number of carbonyl (C=O) groups is 1. The molecule has 1 saturated carbocycles. The molecule has 6 nitrogen and oxygen atoms in total. The molecular weight excluding hydrogens is 278 g/mol. The Morgan fingerprint density at radius 3 is 2.50 bits per heavy atom. The van der Waals surface area contributed by atoms with Crippen molar-refractivity contribution in [3.05, 3.63) is 23.8 Å². The van der Waals surface area contributed by atoms with Crippen molar-refractivity contribution >= 4 is 21.6 Å². The molecule has 1 fully saturated rings. The fourth-order valence-corrected chi connectivity index (χ4v) is 3.72. The van der Waals surface area contributed by atoms with Gasteiger partial charge in [-0.1, -0.05) is 6.42 Å². The van der Waals surface area contributed by atoms with Crippen LogP contribution in [0.5, 0.6) is 0 Å². The minimum absolute atomic E-state index is 0.0197. The van der Waals surface area contributed by atoms with Crippen molar-refractivity contribution in [2.45, 2.75) is 37.1 Å². The molecule has 0 bridgehead atoms. The zero-order valence-electron chi connectivity index (χ0n) is 11.3. The van der Waals surface area contributed by atoms with Crippen LogP contribution < -0.4 is 16.2 Å². The van der Waals surface area contributed by atoms with E-state index in [2.05, 4.69) is 4.72 Å². The Labute approximate surface area is 118 Å². The van der Waals surface area contributed by atoms with Gasteiger partial charge in [-0.25, -0.2) is 13.1 Å². The van der Waals surface area contributed by atoms with E-state index in [4.69, 9.17) is 11.5 Å². The van der Waals surface area contributed by atoms with Crippen LogP contribution in [-0.2, 0) is 10.0 Å². The highest BCUT2D eigenvalue weighted by Gasteiger charge is 2.28. The molecule has 0 saturated heterocycles. The molecule has 1 aromatic rings. The molecule has 110 valence electrons. The number of carbonyl (C=O) groups excluding carboxylic acids is 1. The van der Waals surface area contributed by atoms with Gasteiger partial charge in [-0.05, 0) is 43.9 Å². The fraction of sp³-hybridized carbons (Fsp3) is 0.462. The van der Waals surface area contributed by atoms with Gasteiger partial charge in [0.1, 0.15) is 4.90 Å². The summed E-state index contributed by atoms with van der Waals surface area (Å²) in [5, 5.41) is 0. The van der Waals surface area contributed by atoms with Crippen LogP contribution in [0.15, 0.2) is 23.1 Å². The maximum atomic E-state index is 12.3. The monoisotopic (exact) mass is 297 g/mol. The number of amides is 1. The van der Waals surface area contributed by atoms with Gasteiger partial charge in [-0.3, -0.25) is 4.79 Å². The Kier molecular flexibility index (Phi) is 4.01. The lowest BCUT2D eigenvalue weighted by molar-refractivity contribution is 0.1000. The molecule has 0 heterocycles. The predicted octanol–water partition coefficient (Wildman–Crippen LogP) is 0.835. The smallest absolute Gasteiger partial charge is 0.248 e. The molecule has 2 rings (SSSR count). The molecule has 1 amide bonds. The summed E-state index contributed by atoms with van der Waals surface area (Å²) in [7, 11) is -3.68. The lowest BCUT2D eigenvalue weighted by atomic mass is 9.81. The summed E-state index contributed by atoms with van der Waals surface area (Å²) in [6, 6.07) is 3.83. The molecule has 20 heavy (non-hydrogen) atoms. The van der Waals surface area contributed by atoms with Crippen molar-refractivity contribution in [2.75, 3.05) is 5.73 Å². The fourth-order valence-electron chi connectivity index (χ4n) is 2.29. The Bertz CT molecular complexity index is 624. The van der Waals surface area contributed by atoms with E-state index in [0.29, 0.717) is 5.92 Å². The van der Waals surface area contributed by atoms with Crippen LogP contribution in [0.4, 0.5) is 5.69 Å². The second-order valence-electron chi connectivity index (χ2n) is 5.22. The van der Waals surface area contributed by atoms with E-state index < -0.39 is 15.9 Å². The minimum Gasteiger partial charge on any atom is -0.398 e. The molecule has 1 aromatic carbocycles. The highest BCUT2D eigenvalue weighted by atomic mass is 32.2. The van der Waals surface area contributed by atoms with Crippen LogP contribution in [0.3, 0.4) is 0 Å². The first kappa shape index (κ1) is 14.8. The number of nitrogens with one attached hydrogen (secondary N) is 1. The zero-order chi connectivity index (χ0) is 14.9. The molecule has 1 aliphatic carbocycles. The van der Waals surface area contributed by atoms with E-state index in [1.165, 1.54) is 18.2 Å². The number of nitrogens with two attached hydrogens (primary N) is 2. The van der Waals surface area contributed by atoms with Gasteiger partial charge in [0, 0.05) is 11.6 Å². The van der Waals surface area contributed by atoms with Crippen LogP contribution in [0.1, 0.15) is 36.5 Å². The second kappa shape index (κ2) is 5.41. The topological polar surface area (TPSA) is 115 Å². The van der Waals surface area contributed by atoms with Gasteiger partial charge >= 0.3 is 0 Å². The van der Waals surface area contributed by atoms with Gasteiger partial charge in [0.15, 0.2) is 0 Å². The minimum atomic E-state index is -3.68. The summed E-state index contributed by atoms with van der Waals surface area (Å²) in [4.78, 5) is 11.0. The summed E-state index contributed by atoms with van der Waals surface area (Å²) in [6.07, 6.45) is 3.23. The first-order valence-electron chi connectivity index (χ1n) is 6.53. The van der Waals surface area contributed by atoms with Gasteiger partial charge in [0.25, 0.3) is 0 Å². The van der Waals surface area contributed by atoms with E-state index in [0.717, 1.165) is 19.3 Å². The Balaban J connectivity index is 2.22. The molecular formula is C13H19N3O3S. The third kappa shape index (κ3) is 2.94. The van der Waals surface area contributed by atoms with Crippen molar-refractivity contribution in [1.29, 1.82) is 0 Å². The first-order chi connectivity index (χ1) is 9.31. The van der Waals surface area contributed by atoms with Gasteiger partial charge in [-0.2, -0.15) is 0 Å². The van der Waals surface area contributed by atoms with Crippen molar-refractivity contribution in [3.8, 4) is 0 Å². The zero-order valence-corrected chi connectivity index (χ0v) is 12.1. The van der Waals surface area contributed by atoms with Crippen LogP contribution in [-0.4, -0.2) is 20.4 Å². The van der Waals surface area contributed by atoms with E-state index in [9.17, 15) is 13.2 Å². The average Bonchev–Trinajstić information content (AvgIpc) is 2.24. The molecule has 0 radical (unpaired) electrons. The van der Waals surface area contributed by atoms with E-state index in [-0.39, 0.29) is 22.2 Å². The molecule has 1 unspecified atom stereocenters. The lowest BCUT2D eigenvalue weighted by Crippen LogP contribution is -2.40. The number of rotatable bonds is 5. The van der Waals surface area contributed by atoms with E-state index >= 15 is 0 Å². The maximum Gasteiger partial charge on any atom is 0.248 e. The lowest BCUT2D eigenvalue weighted by Gasteiger charge is -2.31. The summed E-state index contributed by atoms with van der Waals surface area (Å²) in [5.74, 6) is -0.257. The Morgan fingerprint density at radius 2 is 2.05 bits per heavy atom. The normalized spacial score (nSPS) is 17.4. The molecule has 1 atom stereocenters. The number of hydrogen-bond acceptors (Lipinski definition) is 4. The van der Waals surface area contributed by atoms with Crippen molar-refractivity contribution in [1.82, 2.24) is 4.72 Å². The van der Waals surface area contributed by atoms with Gasteiger partial charge in [-0.15, -0.1) is 0 Å². The van der Waals surface area contributed by atoms with Crippen molar-refractivity contribution < 1.29 is 13.2 Å². The highest BCUT2D eigenvalue weighted by molar-refractivity contribution is 7.89. The molecule has 1 aliphatic rings. The van der Waals surface area contributed by atoms with Crippen LogP contribution in [0.2, 0.25) is 0 Å². The predicted molar refractivity (Wildman–Crippen MR) is 76.5 cm³/mol.